The van der Waals surface area contributed by atoms with Gasteiger partial charge in [0.15, 0.2) is 0 Å². The minimum Gasteiger partial charge on any atom is -0.481 e. The number of carboxylic acids is 2. The molecule has 0 aliphatic rings. The van der Waals surface area contributed by atoms with Gasteiger partial charge in [0, 0.05) is 31.4 Å². The zero-order valence-electron chi connectivity index (χ0n) is 38.8. The van der Waals surface area contributed by atoms with E-state index < -0.39 is 143 Å². The molecule has 1 unspecified atom stereocenters. The van der Waals surface area contributed by atoms with Gasteiger partial charge in [0.1, 0.15) is 42.2 Å². The Balaban J connectivity index is 2.53. The summed E-state index contributed by atoms with van der Waals surface area (Å²) in [6.45, 7) is 10.7. The highest BCUT2D eigenvalue weighted by Crippen LogP contribution is 2.26. The maximum absolute atomic E-state index is 14.3. The fourth-order valence-corrected chi connectivity index (χ4v) is 6.64. The second-order valence-electron chi connectivity index (χ2n) is 17.5. The minimum atomic E-state index is -4.82. The Kier molecular flexibility index (Phi) is 21.4. The van der Waals surface area contributed by atoms with Crippen molar-refractivity contribution < 1.29 is 76.3 Å². The molecule has 0 saturated heterocycles. The van der Waals surface area contributed by atoms with Crippen LogP contribution in [0, 0.1) is 28.4 Å². The van der Waals surface area contributed by atoms with Crippen molar-refractivity contribution in [2.75, 3.05) is 5.32 Å². The van der Waals surface area contributed by atoms with E-state index in [1.807, 2.05) is 5.32 Å². The molecular formula is C44H57F3N8O14. The maximum Gasteiger partial charge on any atom is 0.391 e. The van der Waals surface area contributed by atoms with Gasteiger partial charge in [-0.1, -0.05) is 58.9 Å². The second-order valence-corrected chi connectivity index (χ2v) is 17.5. The van der Waals surface area contributed by atoms with Gasteiger partial charge >= 0.3 is 18.1 Å². The van der Waals surface area contributed by atoms with E-state index in [0.29, 0.717) is 11.1 Å². The number of benzene rings is 2. The molecule has 6 atom stereocenters. The lowest BCUT2D eigenvalue weighted by molar-refractivity contribution is -0.384. The Labute approximate surface area is 393 Å². The van der Waals surface area contributed by atoms with E-state index in [0.717, 1.165) is 25.1 Å². The van der Waals surface area contributed by atoms with E-state index in [2.05, 4.69) is 31.9 Å². The van der Waals surface area contributed by atoms with Crippen molar-refractivity contribution in [1.29, 1.82) is 0 Å². The number of nitrogens with one attached hydrogen (secondary N) is 7. The normalized spacial score (nSPS) is 14.0. The number of hydrogen-bond donors (Lipinski definition) is 9. The van der Waals surface area contributed by atoms with Crippen molar-refractivity contribution in [1.82, 2.24) is 31.9 Å². The van der Waals surface area contributed by atoms with Crippen LogP contribution >= 0.6 is 0 Å². The summed E-state index contributed by atoms with van der Waals surface area (Å²) in [5.41, 5.74) is -1.49. The molecule has 378 valence electrons. The lowest BCUT2D eigenvalue weighted by Crippen LogP contribution is -2.62. The number of carbonyl (C=O) groups is 10. The van der Waals surface area contributed by atoms with E-state index in [4.69, 9.17) is 0 Å². The number of carboxylic acid groups (broad SMARTS) is 2. The molecule has 25 heteroatoms. The van der Waals surface area contributed by atoms with E-state index in [1.54, 1.807) is 45.0 Å². The largest absolute Gasteiger partial charge is 0.481 e. The minimum absolute atomic E-state index is 0.0966. The van der Waals surface area contributed by atoms with Gasteiger partial charge in [-0.3, -0.25) is 53.3 Å². The predicted molar refractivity (Wildman–Crippen MR) is 238 cm³/mol. The molecule has 0 radical (unpaired) electrons. The molecule has 2 aromatic carbocycles. The van der Waals surface area contributed by atoms with Crippen molar-refractivity contribution in [2.45, 2.75) is 129 Å². The molecule has 0 aliphatic heterocycles. The van der Waals surface area contributed by atoms with Crippen LogP contribution in [0.1, 0.15) is 95.1 Å². The fourth-order valence-electron chi connectivity index (χ4n) is 6.64. The summed E-state index contributed by atoms with van der Waals surface area (Å²) in [5, 5.41) is 46.8. The van der Waals surface area contributed by atoms with Gasteiger partial charge in [0.05, 0.1) is 23.8 Å². The number of halogens is 3. The number of nitro benzene ring substituents is 1. The Morgan fingerprint density at radius 1 is 0.754 bits per heavy atom. The van der Waals surface area contributed by atoms with Crippen LogP contribution in [0.15, 0.2) is 42.5 Å². The van der Waals surface area contributed by atoms with Crippen molar-refractivity contribution >= 4 is 70.9 Å². The van der Waals surface area contributed by atoms with Crippen LogP contribution in [-0.4, -0.2) is 117 Å². The highest BCUT2D eigenvalue weighted by atomic mass is 19.4. The van der Waals surface area contributed by atoms with Gasteiger partial charge in [-0.25, -0.2) is 0 Å². The first kappa shape index (κ1) is 57.7. The molecule has 9 N–H and O–H groups in total. The maximum atomic E-state index is 14.3. The first-order valence-corrected chi connectivity index (χ1v) is 21.3. The summed E-state index contributed by atoms with van der Waals surface area (Å²) in [7, 11) is 0. The fraction of sp³-hybridized carbons (Fsp3) is 0.500. The lowest BCUT2D eigenvalue weighted by atomic mass is 9.85. The third-order valence-electron chi connectivity index (χ3n) is 10.1. The zero-order chi connectivity index (χ0) is 52.6. The standard InChI is InChI=1S/C44H57F3N8O14/c1-22(2)16-30(39(64)49-27(21-56)20-44(45,46)47)53-42(67)36(43(5,6)7)54-41(66)31(17-25-11-9-8-10-23(25)3)52-38(63)29(14-15-34(58)59)50-40(65)32(19-35(60)61)51-37(62)26-12-13-28(48-24(4)57)33(18-26)55(68)69/h8-13,18,21-22,27,29-32,36H,14-17,19-20H2,1-7H3,(H,48,57)(H,49,64)(H,50,65)(H,51,62)(H,52,63)(H,53,67)(H,54,66)(H,58,59)(H,60,61)/t27?,29-,30-,31-,32-,36+/m0/s1. The molecule has 0 bridgehead atoms. The van der Waals surface area contributed by atoms with E-state index in [-0.39, 0.29) is 30.7 Å². The van der Waals surface area contributed by atoms with Crippen molar-refractivity contribution in [2.24, 2.45) is 11.3 Å². The Morgan fingerprint density at radius 2 is 1.32 bits per heavy atom. The number of aldehydes is 1. The molecule has 2 rings (SSSR count). The predicted octanol–water partition coefficient (Wildman–Crippen LogP) is 2.21. The van der Waals surface area contributed by atoms with Crippen LogP contribution in [0.25, 0.3) is 0 Å². The average Bonchev–Trinajstić information content (AvgIpc) is 3.22. The number of hydrogen-bond acceptors (Lipinski definition) is 12. The molecular weight excluding hydrogens is 922 g/mol. The number of nitrogens with zero attached hydrogens (tertiary/aromatic N) is 1. The van der Waals surface area contributed by atoms with Crippen LogP contribution in [-0.2, 0) is 49.6 Å². The highest BCUT2D eigenvalue weighted by Gasteiger charge is 2.39. The monoisotopic (exact) mass is 978 g/mol. The molecule has 0 fully saturated rings. The summed E-state index contributed by atoms with van der Waals surface area (Å²) < 4.78 is 39.2. The van der Waals surface area contributed by atoms with E-state index in [9.17, 15) is 81.4 Å². The molecule has 0 spiro atoms. The van der Waals surface area contributed by atoms with Crippen LogP contribution in [0.4, 0.5) is 24.5 Å². The second kappa shape index (κ2) is 25.6. The van der Waals surface area contributed by atoms with Gasteiger partial charge in [-0.2, -0.15) is 13.2 Å². The third kappa shape index (κ3) is 19.7. The van der Waals surface area contributed by atoms with Crippen LogP contribution in [0.2, 0.25) is 0 Å². The van der Waals surface area contributed by atoms with Crippen LogP contribution in [0.3, 0.4) is 0 Å². The number of alkyl halides is 3. The third-order valence-corrected chi connectivity index (χ3v) is 10.1. The first-order chi connectivity index (χ1) is 31.9. The first-order valence-electron chi connectivity index (χ1n) is 21.3. The molecule has 0 heterocycles. The molecule has 7 amide bonds. The average molecular weight is 979 g/mol. The van der Waals surface area contributed by atoms with Gasteiger partial charge in [-0.15, -0.1) is 0 Å². The zero-order valence-corrected chi connectivity index (χ0v) is 38.8. The smallest absolute Gasteiger partial charge is 0.391 e. The SMILES string of the molecule is CC(=O)Nc1ccc(C(=O)N[C@@H](CC(=O)O)C(=O)N[C@@H](CCC(=O)O)C(=O)N[C@@H](Cc2ccccc2C)C(=O)N[C@H](C(=O)N[C@@H](CC(C)C)C(=O)NC(C=O)CC(F)(F)F)C(C)(C)C)cc1[N+](=O)[O-]. The molecule has 69 heavy (non-hydrogen) atoms. The van der Waals surface area contributed by atoms with E-state index in [1.165, 1.54) is 20.8 Å². The molecule has 0 aromatic heterocycles. The number of rotatable bonds is 25. The summed E-state index contributed by atoms with van der Waals surface area (Å²) in [6.07, 6.45) is -9.52. The molecule has 0 saturated carbocycles. The van der Waals surface area contributed by atoms with E-state index >= 15 is 0 Å². The van der Waals surface area contributed by atoms with Crippen molar-refractivity contribution in [3.63, 3.8) is 0 Å². The summed E-state index contributed by atoms with van der Waals surface area (Å²) in [6, 6.07) is -1.01. The van der Waals surface area contributed by atoms with Gasteiger partial charge in [0.2, 0.25) is 35.4 Å². The molecule has 2 aromatic rings. The molecule has 0 aliphatic carbocycles. The number of aliphatic carboxylic acids is 2. The van der Waals surface area contributed by atoms with Crippen LogP contribution in [0.5, 0.6) is 0 Å². The number of anilines is 1. The van der Waals surface area contributed by atoms with Gasteiger partial charge < -0.3 is 52.2 Å². The number of amides is 7. The Hall–Kier alpha value is -7.47. The Bertz CT molecular complexity index is 2270. The topological polar surface area (TPSA) is 339 Å². The number of carbonyl (C=O) groups excluding carboxylic acids is 8. The lowest BCUT2D eigenvalue weighted by Gasteiger charge is -2.34. The van der Waals surface area contributed by atoms with Crippen molar-refractivity contribution in [3.8, 4) is 0 Å². The number of aryl methyl sites for hydroxylation is 1. The van der Waals surface area contributed by atoms with Crippen LogP contribution < -0.4 is 37.2 Å². The summed E-state index contributed by atoms with van der Waals surface area (Å²) in [5.74, 6) is -10.9. The number of nitro groups is 1. The van der Waals surface area contributed by atoms with Crippen molar-refractivity contribution in [3.05, 3.63) is 69.3 Å². The summed E-state index contributed by atoms with van der Waals surface area (Å²) in [4.78, 5) is 140. The quantitative estimate of drug-likeness (QED) is 0.0392. The van der Waals surface area contributed by atoms with Gasteiger partial charge in [0.25, 0.3) is 11.6 Å². The Morgan fingerprint density at radius 3 is 1.84 bits per heavy atom. The molecule has 22 nitrogen and oxygen atoms in total. The van der Waals surface area contributed by atoms with Gasteiger partial charge in [-0.05, 0) is 54.4 Å². The summed E-state index contributed by atoms with van der Waals surface area (Å²) >= 11 is 0. The highest BCUT2D eigenvalue weighted by molar-refractivity contribution is 6.02.